The predicted molar refractivity (Wildman–Crippen MR) is 81.9 cm³/mol. The summed E-state index contributed by atoms with van der Waals surface area (Å²) >= 11 is 0. The SMILES string of the molecule is O=C(OCc1ccccc1)N1CCC(C2CCNCC2)C1. The molecule has 1 aromatic rings. The molecule has 2 heterocycles. The van der Waals surface area contributed by atoms with Gasteiger partial charge in [0.1, 0.15) is 6.61 Å². The third-order valence-electron chi connectivity index (χ3n) is 4.74. The molecule has 1 N–H and O–H groups in total. The van der Waals surface area contributed by atoms with Crippen LogP contribution in [0.25, 0.3) is 0 Å². The zero-order valence-corrected chi connectivity index (χ0v) is 12.5. The first-order valence-corrected chi connectivity index (χ1v) is 7.99. The number of nitrogens with zero attached hydrogens (tertiary/aromatic N) is 1. The Kier molecular flexibility index (Phi) is 4.76. The summed E-state index contributed by atoms with van der Waals surface area (Å²) in [5, 5.41) is 3.41. The van der Waals surface area contributed by atoms with E-state index < -0.39 is 0 Å². The van der Waals surface area contributed by atoms with Crippen LogP contribution in [0, 0.1) is 11.8 Å². The van der Waals surface area contributed by atoms with E-state index in [-0.39, 0.29) is 6.09 Å². The van der Waals surface area contributed by atoms with Gasteiger partial charge in [0.25, 0.3) is 0 Å². The van der Waals surface area contributed by atoms with E-state index >= 15 is 0 Å². The summed E-state index contributed by atoms with van der Waals surface area (Å²) in [5.74, 6) is 1.44. The van der Waals surface area contributed by atoms with Crippen molar-refractivity contribution in [2.24, 2.45) is 11.8 Å². The topological polar surface area (TPSA) is 41.6 Å². The lowest BCUT2D eigenvalue weighted by molar-refractivity contribution is 0.101. The number of benzene rings is 1. The Hall–Kier alpha value is -1.55. The number of hydrogen-bond acceptors (Lipinski definition) is 3. The Labute approximate surface area is 126 Å². The third kappa shape index (κ3) is 3.76. The molecule has 21 heavy (non-hydrogen) atoms. The van der Waals surface area contributed by atoms with Crippen molar-refractivity contribution < 1.29 is 9.53 Å². The van der Waals surface area contributed by atoms with Gasteiger partial charge in [-0.25, -0.2) is 4.79 Å². The Morgan fingerprint density at radius 2 is 1.90 bits per heavy atom. The third-order valence-corrected chi connectivity index (χ3v) is 4.74. The molecule has 0 aromatic heterocycles. The Balaban J connectivity index is 1.45. The molecule has 1 aromatic carbocycles. The molecule has 3 rings (SSSR count). The zero-order chi connectivity index (χ0) is 14.5. The predicted octanol–water partition coefficient (Wildman–Crippen LogP) is 2.64. The molecule has 4 nitrogen and oxygen atoms in total. The number of carbonyl (C=O) groups excluding carboxylic acids is 1. The summed E-state index contributed by atoms with van der Waals surface area (Å²) < 4.78 is 5.42. The van der Waals surface area contributed by atoms with Gasteiger partial charge in [0.2, 0.25) is 0 Å². The number of piperidine rings is 1. The maximum Gasteiger partial charge on any atom is 0.410 e. The molecule has 1 atom stereocenters. The summed E-state index contributed by atoms with van der Waals surface area (Å²) in [6.07, 6.45) is 3.47. The van der Waals surface area contributed by atoms with Crippen molar-refractivity contribution in [2.45, 2.75) is 25.9 Å². The molecule has 2 fully saturated rings. The molecule has 2 aliphatic heterocycles. The highest BCUT2D eigenvalue weighted by atomic mass is 16.6. The van der Waals surface area contributed by atoms with Crippen LogP contribution >= 0.6 is 0 Å². The molecule has 2 aliphatic rings. The molecule has 4 heteroatoms. The average molecular weight is 288 g/mol. The summed E-state index contributed by atoms with van der Waals surface area (Å²) in [5.41, 5.74) is 1.04. The lowest BCUT2D eigenvalue weighted by Crippen LogP contribution is -2.34. The molecule has 0 radical (unpaired) electrons. The van der Waals surface area contributed by atoms with Crippen LogP contribution in [0.2, 0.25) is 0 Å². The molecule has 0 bridgehead atoms. The van der Waals surface area contributed by atoms with Gasteiger partial charge in [-0.3, -0.25) is 0 Å². The van der Waals surface area contributed by atoms with E-state index in [9.17, 15) is 4.79 Å². The van der Waals surface area contributed by atoms with Crippen molar-refractivity contribution in [3.63, 3.8) is 0 Å². The number of amides is 1. The van der Waals surface area contributed by atoms with Gasteiger partial charge in [-0.2, -0.15) is 0 Å². The number of ether oxygens (including phenoxy) is 1. The van der Waals surface area contributed by atoms with Crippen molar-refractivity contribution in [3.8, 4) is 0 Å². The van der Waals surface area contributed by atoms with Gasteiger partial charge in [0.05, 0.1) is 0 Å². The summed E-state index contributed by atoms with van der Waals surface area (Å²) in [6, 6.07) is 9.86. The van der Waals surface area contributed by atoms with Gasteiger partial charge in [0, 0.05) is 13.1 Å². The second-order valence-electron chi connectivity index (χ2n) is 6.12. The minimum Gasteiger partial charge on any atom is -0.445 e. The average Bonchev–Trinajstić information content (AvgIpc) is 3.04. The normalized spacial score (nSPS) is 23.2. The highest BCUT2D eigenvalue weighted by Crippen LogP contribution is 2.30. The maximum absolute atomic E-state index is 12.1. The number of likely N-dealkylation sites (tertiary alicyclic amines) is 1. The van der Waals surface area contributed by atoms with Crippen molar-refractivity contribution in [2.75, 3.05) is 26.2 Å². The fraction of sp³-hybridized carbons (Fsp3) is 0.588. The van der Waals surface area contributed by atoms with E-state index in [4.69, 9.17) is 4.74 Å². The minimum atomic E-state index is -0.157. The van der Waals surface area contributed by atoms with Crippen LogP contribution in [0.5, 0.6) is 0 Å². The molecule has 0 aliphatic carbocycles. The second kappa shape index (κ2) is 6.94. The van der Waals surface area contributed by atoms with Gasteiger partial charge in [0.15, 0.2) is 0 Å². The van der Waals surface area contributed by atoms with Gasteiger partial charge in [-0.1, -0.05) is 30.3 Å². The Morgan fingerprint density at radius 3 is 2.67 bits per heavy atom. The zero-order valence-electron chi connectivity index (χ0n) is 12.5. The van der Waals surface area contributed by atoms with Crippen molar-refractivity contribution >= 4 is 6.09 Å². The van der Waals surface area contributed by atoms with E-state index in [1.807, 2.05) is 35.2 Å². The molecule has 1 amide bonds. The van der Waals surface area contributed by atoms with Crippen molar-refractivity contribution in [3.05, 3.63) is 35.9 Å². The van der Waals surface area contributed by atoms with Crippen molar-refractivity contribution in [1.82, 2.24) is 10.2 Å². The standard InChI is InChI=1S/C17H24N2O2/c20-17(21-13-14-4-2-1-3-5-14)19-11-8-16(12-19)15-6-9-18-10-7-15/h1-5,15-16,18H,6-13H2. The monoisotopic (exact) mass is 288 g/mol. The lowest BCUT2D eigenvalue weighted by Gasteiger charge is -2.27. The first-order chi connectivity index (χ1) is 10.3. The molecule has 1 unspecified atom stereocenters. The summed E-state index contributed by atoms with van der Waals surface area (Å²) in [6.45, 7) is 4.34. The molecular formula is C17H24N2O2. The summed E-state index contributed by atoms with van der Waals surface area (Å²) in [7, 11) is 0. The van der Waals surface area contributed by atoms with Crippen molar-refractivity contribution in [1.29, 1.82) is 0 Å². The highest BCUT2D eigenvalue weighted by molar-refractivity contribution is 5.68. The van der Waals surface area contributed by atoms with E-state index in [1.165, 1.54) is 12.8 Å². The van der Waals surface area contributed by atoms with Crippen LogP contribution in [-0.4, -0.2) is 37.2 Å². The lowest BCUT2D eigenvalue weighted by atomic mass is 9.84. The van der Waals surface area contributed by atoms with E-state index in [2.05, 4.69) is 5.32 Å². The van der Waals surface area contributed by atoms with Gasteiger partial charge in [-0.05, 0) is 49.8 Å². The van der Waals surface area contributed by atoms with Crippen LogP contribution in [0.15, 0.2) is 30.3 Å². The van der Waals surface area contributed by atoms with E-state index in [0.29, 0.717) is 12.5 Å². The molecule has 114 valence electrons. The van der Waals surface area contributed by atoms with Gasteiger partial charge in [-0.15, -0.1) is 0 Å². The van der Waals surface area contributed by atoms with Gasteiger partial charge < -0.3 is 15.0 Å². The van der Waals surface area contributed by atoms with Gasteiger partial charge >= 0.3 is 6.09 Å². The molecular weight excluding hydrogens is 264 g/mol. The molecule has 2 saturated heterocycles. The van der Waals surface area contributed by atoms with Crippen LogP contribution in [0.1, 0.15) is 24.8 Å². The van der Waals surface area contributed by atoms with Crippen LogP contribution in [0.3, 0.4) is 0 Å². The first-order valence-electron chi connectivity index (χ1n) is 7.99. The Morgan fingerprint density at radius 1 is 1.14 bits per heavy atom. The minimum absolute atomic E-state index is 0.157. The van der Waals surface area contributed by atoms with Crippen LogP contribution < -0.4 is 5.32 Å². The maximum atomic E-state index is 12.1. The molecule has 0 saturated carbocycles. The smallest absolute Gasteiger partial charge is 0.410 e. The van der Waals surface area contributed by atoms with E-state index in [1.54, 1.807) is 0 Å². The van der Waals surface area contributed by atoms with Crippen LogP contribution in [-0.2, 0) is 11.3 Å². The quantitative estimate of drug-likeness (QED) is 0.929. The Bertz CT molecular complexity index is 457. The first kappa shape index (κ1) is 14.4. The largest absolute Gasteiger partial charge is 0.445 e. The number of hydrogen-bond donors (Lipinski definition) is 1. The summed E-state index contributed by atoms with van der Waals surface area (Å²) in [4.78, 5) is 14.0. The molecule has 0 spiro atoms. The number of nitrogens with one attached hydrogen (secondary N) is 1. The number of carbonyl (C=O) groups is 1. The fourth-order valence-corrected chi connectivity index (χ4v) is 3.46. The van der Waals surface area contributed by atoms with E-state index in [0.717, 1.165) is 44.1 Å². The number of rotatable bonds is 3. The highest BCUT2D eigenvalue weighted by Gasteiger charge is 2.32. The second-order valence-corrected chi connectivity index (χ2v) is 6.12. The fourth-order valence-electron chi connectivity index (χ4n) is 3.46. The van der Waals surface area contributed by atoms with Crippen LogP contribution in [0.4, 0.5) is 4.79 Å².